The monoisotopic (exact) mass is 436 g/mol. The van der Waals surface area contributed by atoms with E-state index in [2.05, 4.69) is 15.3 Å². The van der Waals surface area contributed by atoms with Crippen molar-refractivity contribution in [3.8, 4) is 0 Å². The van der Waals surface area contributed by atoms with Crippen molar-refractivity contribution in [2.24, 2.45) is 0 Å². The minimum atomic E-state index is -0.308. The number of amides is 1. The van der Waals surface area contributed by atoms with Crippen LogP contribution in [0.3, 0.4) is 0 Å². The zero-order valence-corrected chi connectivity index (χ0v) is 18.6. The lowest BCUT2D eigenvalue weighted by molar-refractivity contribution is -0.121. The first-order valence-corrected chi connectivity index (χ1v) is 11.9. The van der Waals surface area contributed by atoms with E-state index in [1.807, 2.05) is 37.3 Å². The van der Waals surface area contributed by atoms with Crippen LogP contribution < -0.4 is 10.9 Å². The maximum Gasteiger partial charge on any atom is 0.263 e. The van der Waals surface area contributed by atoms with Crippen molar-refractivity contribution in [3.63, 3.8) is 0 Å². The molecular weight excluding hydrogens is 408 g/mol. The Kier molecular flexibility index (Phi) is 7.02. The van der Waals surface area contributed by atoms with Crippen molar-refractivity contribution in [2.45, 2.75) is 68.4 Å². The molecule has 7 heteroatoms. The lowest BCUT2D eigenvalue weighted by Gasteiger charge is -2.25. The molecule has 0 aliphatic heterocycles. The zero-order valence-electron chi connectivity index (χ0n) is 17.8. The molecule has 1 saturated carbocycles. The van der Waals surface area contributed by atoms with Gasteiger partial charge < -0.3 is 5.32 Å². The highest BCUT2D eigenvalue weighted by Gasteiger charge is 2.25. The fourth-order valence-electron chi connectivity index (χ4n) is 4.02. The van der Waals surface area contributed by atoms with Gasteiger partial charge in [0, 0.05) is 12.2 Å². The first-order chi connectivity index (χ1) is 15.2. The second-order valence-electron chi connectivity index (χ2n) is 8.00. The molecule has 31 heavy (non-hydrogen) atoms. The summed E-state index contributed by atoms with van der Waals surface area (Å²) in [5.74, 6) is 0.0287. The predicted octanol–water partition coefficient (Wildman–Crippen LogP) is 4.16. The standard InChI is InChI=1S/C24H28N4O2S/c1-2-20(22(29)26-18-12-7-4-8-13-18)31-24-27-21-19(14-9-15-25-21)23(30)28(24)16-17-10-5-3-6-11-17/h3,5-6,9-11,14-15,18,20H,2,4,7-8,12-13,16H2,1H3,(H,26,29)/t20-/m1/s1. The normalized spacial score (nSPS) is 15.6. The second-order valence-corrected chi connectivity index (χ2v) is 9.17. The van der Waals surface area contributed by atoms with E-state index in [9.17, 15) is 9.59 Å². The van der Waals surface area contributed by atoms with Gasteiger partial charge in [-0.15, -0.1) is 0 Å². The number of carbonyl (C=O) groups excluding carboxylic acids is 1. The summed E-state index contributed by atoms with van der Waals surface area (Å²) in [4.78, 5) is 35.2. The SMILES string of the molecule is CC[C@@H](Sc1nc2ncccc2c(=O)n1Cc1ccccc1)C(=O)NC1CCCCC1. The van der Waals surface area contributed by atoms with Gasteiger partial charge >= 0.3 is 0 Å². The van der Waals surface area contributed by atoms with Crippen LogP contribution in [0.5, 0.6) is 0 Å². The number of rotatable bonds is 7. The average Bonchev–Trinajstić information content (AvgIpc) is 2.81. The van der Waals surface area contributed by atoms with Crippen molar-refractivity contribution < 1.29 is 4.79 Å². The van der Waals surface area contributed by atoms with E-state index in [-0.39, 0.29) is 22.8 Å². The minimum Gasteiger partial charge on any atom is -0.352 e. The molecule has 162 valence electrons. The third-order valence-electron chi connectivity index (χ3n) is 5.74. The Balaban J connectivity index is 1.65. The molecule has 6 nitrogen and oxygen atoms in total. The number of pyridine rings is 1. The molecule has 1 N–H and O–H groups in total. The number of nitrogens with one attached hydrogen (secondary N) is 1. The van der Waals surface area contributed by atoms with Gasteiger partial charge in [-0.2, -0.15) is 0 Å². The van der Waals surface area contributed by atoms with Crippen LogP contribution in [0.4, 0.5) is 0 Å². The number of benzene rings is 1. The van der Waals surface area contributed by atoms with Gasteiger partial charge in [0.1, 0.15) is 0 Å². The summed E-state index contributed by atoms with van der Waals surface area (Å²) in [6, 6.07) is 13.6. The van der Waals surface area contributed by atoms with Crippen LogP contribution in [0.25, 0.3) is 11.0 Å². The van der Waals surface area contributed by atoms with E-state index >= 15 is 0 Å². The summed E-state index contributed by atoms with van der Waals surface area (Å²) in [6.45, 7) is 2.40. The highest BCUT2D eigenvalue weighted by Crippen LogP contribution is 2.26. The Morgan fingerprint density at radius 3 is 2.68 bits per heavy atom. The number of aromatic nitrogens is 3. The molecule has 0 spiro atoms. The van der Waals surface area contributed by atoms with Gasteiger partial charge in [0.25, 0.3) is 5.56 Å². The first kappa shape index (κ1) is 21.6. The van der Waals surface area contributed by atoms with Crippen LogP contribution in [0.1, 0.15) is 51.0 Å². The number of thioether (sulfide) groups is 1. The summed E-state index contributed by atoms with van der Waals surface area (Å²) in [5, 5.41) is 3.93. The zero-order chi connectivity index (χ0) is 21.6. The third kappa shape index (κ3) is 5.15. The topological polar surface area (TPSA) is 76.9 Å². The average molecular weight is 437 g/mol. The summed E-state index contributed by atoms with van der Waals surface area (Å²) in [5.41, 5.74) is 1.30. The first-order valence-electron chi connectivity index (χ1n) is 11.0. The Morgan fingerprint density at radius 2 is 1.94 bits per heavy atom. The maximum absolute atomic E-state index is 13.3. The molecule has 4 rings (SSSR count). The Hall–Kier alpha value is -2.67. The molecule has 1 aliphatic carbocycles. The van der Waals surface area contributed by atoms with Crippen LogP contribution in [0.2, 0.25) is 0 Å². The molecule has 3 aromatic rings. The van der Waals surface area contributed by atoms with Crippen molar-refractivity contribution in [3.05, 3.63) is 64.6 Å². The Labute approximate surface area is 186 Å². The lowest BCUT2D eigenvalue weighted by Crippen LogP contribution is -2.41. The summed E-state index contributed by atoms with van der Waals surface area (Å²) in [6.07, 6.45) is 7.97. The highest BCUT2D eigenvalue weighted by molar-refractivity contribution is 8.00. The van der Waals surface area contributed by atoms with Crippen molar-refractivity contribution >= 4 is 28.7 Å². The second kappa shape index (κ2) is 10.1. The van der Waals surface area contributed by atoms with E-state index in [1.165, 1.54) is 31.0 Å². The van der Waals surface area contributed by atoms with Crippen molar-refractivity contribution in [2.75, 3.05) is 0 Å². The smallest absolute Gasteiger partial charge is 0.263 e. The molecule has 1 amide bonds. The van der Waals surface area contributed by atoms with Crippen LogP contribution in [-0.4, -0.2) is 31.7 Å². The van der Waals surface area contributed by atoms with Crippen LogP contribution >= 0.6 is 11.8 Å². The lowest BCUT2D eigenvalue weighted by atomic mass is 9.95. The van der Waals surface area contributed by atoms with Gasteiger partial charge in [0.2, 0.25) is 5.91 Å². The molecule has 0 radical (unpaired) electrons. The van der Waals surface area contributed by atoms with Crippen LogP contribution in [0.15, 0.2) is 58.6 Å². The summed E-state index contributed by atoms with van der Waals surface area (Å²) >= 11 is 1.36. The van der Waals surface area contributed by atoms with Gasteiger partial charge in [-0.25, -0.2) is 9.97 Å². The quantitative estimate of drug-likeness (QED) is 0.445. The number of hydrogen-bond donors (Lipinski definition) is 1. The molecule has 0 saturated heterocycles. The molecule has 1 fully saturated rings. The van der Waals surface area contributed by atoms with E-state index in [4.69, 9.17) is 0 Å². The Bertz CT molecular complexity index is 1090. The largest absolute Gasteiger partial charge is 0.352 e. The minimum absolute atomic E-state index is 0.0287. The highest BCUT2D eigenvalue weighted by atomic mass is 32.2. The van der Waals surface area contributed by atoms with Gasteiger partial charge in [0.15, 0.2) is 10.8 Å². The van der Waals surface area contributed by atoms with Gasteiger partial charge in [-0.05, 0) is 37.0 Å². The van der Waals surface area contributed by atoms with Crippen molar-refractivity contribution in [1.82, 2.24) is 19.9 Å². The van der Waals surface area contributed by atoms with Gasteiger partial charge in [-0.3, -0.25) is 14.2 Å². The van der Waals surface area contributed by atoms with E-state index < -0.39 is 0 Å². The number of fused-ring (bicyclic) bond motifs is 1. The van der Waals surface area contributed by atoms with E-state index in [0.29, 0.717) is 29.2 Å². The number of nitrogens with zero attached hydrogens (tertiary/aromatic N) is 3. The van der Waals surface area contributed by atoms with Crippen LogP contribution in [-0.2, 0) is 11.3 Å². The summed E-state index contributed by atoms with van der Waals surface area (Å²) < 4.78 is 1.67. The Morgan fingerprint density at radius 1 is 1.16 bits per heavy atom. The molecule has 0 bridgehead atoms. The molecule has 2 aromatic heterocycles. The van der Waals surface area contributed by atoms with Crippen molar-refractivity contribution in [1.29, 1.82) is 0 Å². The fraction of sp³-hybridized carbons (Fsp3) is 0.417. The third-order valence-corrected chi connectivity index (χ3v) is 7.10. The van der Waals surface area contributed by atoms with Gasteiger partial charge in [0.05, 0.1) is 17.2 Å². The molecular formula is C24H28N4O2S. The van der Waals surface area contributed by atoms with E-state index in [0.717, 1.165) is 18.4 Å². The van der Waals surface area contributed by atoms with E-state index in [1.54, 1.807) is 22.9 Å². The molecule has 0 unspecified atom stereocenters. The molecule has 1 aliphatic rings. The molecule has 2 heterocycles. The molecule has 1 atom stereocenters. The van der Waals surface area contributed by atoms with Gasteiger partial charge in [-0.1, -0.05) is 68.3 Å². The maximum atomic E-state index is 13.3. The fourth-order valence-corrected chi connectivity index (χ4v) is 5.03. The summed E-state index contributed by atoms with van der Waals surface area (Å²) in [7, 11) is 0. The van der Waals surface area contributed by atoms with Crippen LogP contribution in [0, 0.1) is 0 Å². The number of hydrogen-bond acceptors (Lipinski definition) is 5. The molecule has 1 aromatic carbocycles. The number of carbonyl (C=O) groups is 1. The predicted molar refractivity (Wildman–Crippen MR) is 124 cm³/mol.